The van der Waals surface area contributed by atoms with E-state index in [2.05, 4.69) is 39.0 Å². The van der Waals surface area contributed by atoms with Crippen LogP contribution in [-0.2, 0) is 4.79 Å². The molecule has 1 N–H and O–H groups in total. The van der Waals surface area contributed by atoms with E-state index in [-0.39, 0.29) is 5.91 Å². The summed E-state index contributed by atoms with van der Waals surface area (Å²) in [6.07, 6.45) is 1.73. The summed E-state index contributed by atoms with van der Waals surface area (Å²) in [4.78, 5) is 15.0. The fourth-order valence-electron chi connectivity index (χ4n) is 2.56. The maximum Gasteiger partial charge on any atom is 0.233 e. The first-order valence-corrected chi connectivity index (χ1v) is 8.12. The number of carbonyl (C=O) groups excluding carboxylic acids is 1. The summed E-state index contributed by atoms with van der Waals surface area (Å²) in [7, 11) is 0. The van der Waals surface area contributed by atoms with Gasteiger partial charge in [-0.1, -0.05) is 31.0 Å². The van der Waals surface area contributed by atoms with Crippen LogP contribution < -0.4 is 0 Å². The van der Waals surface area contributed by atoms with E-state index in [1.807, 2.05) is 0 Å². The quantitative estimate of drug-likeness (QED) is 0.849. The minimum atomic E-state index is -0.631. The lowest BCUT2D eigenvalue weighted by Gasteiger charge is -2.46. The summed E-state index contributed by atoms with van der Waals surface area (Å²) < 4.78 is 0. The third-order valence-electron chi connectivity index (χ3n) is 3.73. The van der Waals surface area contributed by atoms with Gasteiger partial charge in [-0.3, -0.25) is 4.79 Å². The van der Waals surface area contributed by atoms with Crippen LogP contribution in [0, 0.1) is 13.8 Å². The first-order chi connectivity index (χ1) is 9.43. The van der Waals surface area contributed by atoms with Crippen molar-refractivity contribution in [2.45, 2.75) is 44.1 Å². The van der Waals surface area contributed by atoms with E-state index < -0.39 is 5.60 Å². The van der Waals surface area contributed by atoms with E-state index >= 15 is 0 Å². The Hall–Kier alpha value is -1.00. The van der Waals surface area contributed by atoms with Crippen molar-refractivity contribution in [3.63, 3.8) is 0 Å². The SMILES string of the molecule is CCCC1(O)CN(C(=O)CSc2cc(C)ccc2C)C1. The molecular formula is C16H23NO2S. The molecule has 0 aliphatic carbocycles. The second-order valence-electron chi connectivity index (χ2n) is 5.78. The normalized spacial score (nSPS) is 16.9. The van der Waals surface area contributed by atoms with Crippen molar-refractivity contribution in [2.24, 2.45) is 0 Å². The largest absolute Gasteiger partial charge is 0.386 e. The van der Waals surface area contributed by atoms with Gasteiger partial charge < -0.3 is 10.0 Å². The number of carbonyl (C=O) groups is 1. The first kappa shape index (κ1) is 15.4. The number of β-amino-alcohol motifs (C(OH)–C–C–N with tert-alkyl or cyclic N) is 1. The molecule has 20 heavy (non-hydrogen) atoms. The highest BCUT2D eigenvalue weighted by Crippen LogP contribution is 2.28. The molecule has 1 aliphatic rings. The maximum absolute atomic E-state index is 12.1. The number of hydrogen-bond donors (Lipinski definition) is 1. The van der Waals surface area contributed by atoms with Gasteiger partial charge in [-0.2, -0.15) is 0 Å². The highest BCUT2D eigenvalue weighted by Gasteiger charge is 2.42. The number of nitrogens with zero attached hydrogens (tertiary/aromatic N) is 1. The summed E-state index contributed by atoms with van der Waals surface area (Å²) in [5.41, 5.74) is 1.79. The van der Waals surface area contributed by atoms with E-state index in [0.717, 1.165) is 12.8 Å². The zero-order valence-electron chi connectivity index (χ0n) is 12.5. The molecule has 0 aromatic heterocycles. The van der Waals surface area contributed by atoms with Gasteiger partial charge >= 0.3 is 0 Å². The van der Waals surface area contributed by atoms with Gasteiger partial charge in [0.05, 0.1) is 24.4 Å². The molecule has 1 aromatic carbocycles. The molecule has 3 nitrogen and oxygen atoms in total. The third kappa shape index (κ3) is 3.55. The molecule has 0 unspecified atom stereocenters. The summed E-state index contributed by atoms with van der Waals surface area (Å²) in [5.74, 6) is 0.573. The van der Waals surface area contributed by atoms with Crippen LogP contribution in [-0.4, -0.2) is 40.4 Å². The minimum absolute atomic E-state index is 0.122. The number of hydrogen-bond acceptors (Lipinski definition) is 3. The van der Waals surface area contributed by atoms with Gasteiger partial charge in [0.2, 0.25) is 5.91 Å². The number of likely N-dealkylation sites (tertiary alicyclic amines) is 1. The molecule has 0 radical (unpaired) electrons. The molecule has 1 heterocycles. The predicted octanol–water partition coefficient (Wildman–Crippen LogP) is 2.77. The minimum Gasteiger partial charge on any atom is -0.386 e. The molecule has 0 saturated carbocycles. The molecule has 0 spiro atoms. The van der Waals surface area contributed by atoms with Crippen molar-refractivity contribution >= 4 is 17.7 Å². The molecule has 4 heteroatoms. The zero-order valence-corrected chi connectivity index (χ0v) is 13.3. The predicted molar refractivity (Wildman–Crippen MR) is 83.1 cm³/mol. The van der Waals surface area contributed by atoms with Gasteiger partial charge in [0.25, 0.3) is 0 Å². The number of amides is 1. The summed E-state index contributed by atoms with van der Waals surface area (Å²) in [5, 5.41) is 10.1. The lowest BCUT2D eigenvalue weighted by atomic mass is 9.89. The van der Waals surface area contributed by atoms with Gasteiger partial charge in [-0.15, -0.1) is 11.8 Å². The fraction of sp³-hybridized carbons (Fsp3) is 0.562. The van der Waals surface area contributed by atoms with Crippen molar-refractivity contribution in [1.29, 1.82) is 0 Å². The maximum atomic E-state index is 12.1. The van der Waals surface area contributed by atoms with E-state index in [0.29, 0.717) is 18.8 Å². The van der Waals surface area contributed by atoms with Crippen LogP contribution in [0.4, 0.5) is 0 Å². The van der Waals surface area contributed by atoms with Crippen molar-refractivity contribution < 1.29 is 9.90 Å². The summed E-state index contributed by atoms with van der Waals surface area (Å²) in [6, 6.07) is 6.30. The van der Waals surface area contributed by atoms with Crippen molar-refractivity contribution in [3.05, 3.63) is 29.3 Å². The van der Waals surface area contributed by atoms with Gasteiger partial charge in [-0.05, 0) is 31.9 Å². The van der Waals surface area contributed by atoms with Crippen LogP contribution in [0.25, 0.3) is 0 Å². The summed E-state index contributed by atoms with van der Waals surface area (Å²) in [6.45, 7) is 7.17. The van der Waals surface area contributed by atoms with Gasteiger partial charge in [0, 0.05) is 4.90 Å². The second-order valence-corrected chi connectivity index (χ2v) is 6.80. The third-order valence-corrected chi connectivity index (χ3v) is 4.88. The van der Waals surface area contributed by atoms with Crippen LogP contribution in [0.1, 0.15) is 30.9 Å². The number of benzene rings is 1. The Morgan fingerprint density at radius 1 is 1.40 bits per heavy atom. The molecule has 1 saturated heterocycles. The number of aryl methyl sites for hydroxylation is 2. The van der Waals surface area contributed by atoms with Gasteiger partial charge in [0.1, 0.15) is 0 Å². The number of aliphatic hydroxyl groups is 1. The molecule has 1 fully saturated rings. The van der Waals surface area contributed by atoms with Gasteiger partial charge in [-0.25, -0.2) is 0 Å². The second kappa shape index (κ2) is 6.19. The molecular weight excluding hydrogens is 270 g/mol. The number of thioether (sulfide) groups is 1. The zero-order chi connectivity index (χ0) is 14.8. The Kier molecular flexibility index (Phi) is 4.76. The number of rotatable bonds is 5. The van der Waals surface area contributed by atoms with Crippen LogP contribution in [0.3, 0.4) is 0 Å². The lowest BCUT2D eigenvalue weighted by Crippen LogP contribution is -2.63. The molecule has 110 valence electrons. The average molecular weight is 293 g/mol. The Bertz CT molecular complexity index is 495. The molecule has 0 atom stereocenters. The Balaban J connectivity index is 1.83. The van der Waals surface area contributed by atoms with Gasteiger partial charge in [0.15, 0.2) is 0 Å². The van der Waals surface area contributed by atoms with Crippen molar-refractivity contribution in [1.82, 2.24) is 4.90 Å². The monoisotopic (exact) mass is 293 g/mol. The molecule has 1 aliphatic heterocycles. The molecule has 0 bridgehead atoms. The Labute approximate surface area is 125 Å². The Morgan fingerprint density at radius 3 is 2.75 bits per heavy atom. The fourth-order valence-corrected chi connectivity index (χ4v) is 3.58. The van der Waals surface area contributed by atoms with E-state index in [4.69, 9.17) is 0 Å². The van der Waals surface area contributed by atoms with E-state index in [9.17, 15) is 9.90 Å². The van der Waals surface area contributed by atoms with Crippen LogP contribution in [0.5, 0.6) is 0 Å². The molecule has 1 aromatic rings. The molecule has 2 rings (SSSR count). The summed E-state index contributed by atoms with van der Waals surface area (Å²) >= 11 is 1.59. The molecule has 1 amide bonds. The van der Waals surface area contributed by atoms with Crippen molar-refractivity contribution in [3.8, 4) is 0 Å². The topological polar surface area (TPSA) is 40.5 Å². The van der Waals surface area contributed by atoms with Crippen molar-refractivity contribution in [2.75, 3.05) is 18.8 Å². The Morgan fingerprint density at radius 2 is 2.10 bits per heavy atom. The standard InChI is InChI=1S/C16H23NO2S/c1-4-7-16(19)10-17(11-16)15(18)9-20-14-8-12(2)5-6-13(14)3/h5-6,8,19H,4,7,9-11H2,1-3H3. The highest BCUT2D eigenvalue weighted by molar-refractivity contribution is 8.00. The average Bonchev–Trinajstić information content (AvgIpc) is 2.37. The highest BCUT2D eigenvalue weighted by atomic mass is 32.2. The van der Waals surface area contributed by atoms with Crippen LogP contribution in [0.15, 0.2) is 23.1 Å². The lowest BCUT2D eigenvalue weighted by molar-refractivity contribution is -0.153. The smallest absolute Gasteiger partial charge is 0.233 e. The first-order valence-electron chi connectivity index (χ1n) is 7.14. The van der Waals surface area contributed by atoms with Crippen LogP contribution in [0.2, 0.25) is 0 Å². The van der Waals surface area contributed by atoms with Crippen LogP contribution >= 0.6 is 11.8 Å². The van der Waals surface area contributed by atoms with E-state index in [1.165, 1.54) is 16.0 Å². The van der Waals surface area contributed by atoms with E-state index in [1.54, 1.807) is 16.7 Å².